The Bertz CT molecular complexity index is 465. The molecule has 0 spiro atoms. The lowest BCUT2D eigenvalue weighted by atomic mass is 10.1. The summed E-state index contributed by atoms with van der Waals surface area (Å²) >= 11 is 1.43. The molecule has 5 heteroatoms. The van der Waals surface area contributed by atoms with Crippen molar-refractivity contribution in [1.29, 1.82) is 0 Å². The van der Waals surface area contributed by atoms with Crippen molar-refractivity contribution in [2.24, 2.45) is 5.92 Å². The van der Waals surface area contributed by atoms with Gasteiger partial charge in [0.25, 0.3) is 5.91 Å². The predicted octanol–water partition coefficient (Wildman–Crippen LogP) is 2.38. The van der Waals surface area contributed by atoms with Crippen LogP contribution in [0.2, 0.25) is 0 Å². The van der Waals surface area contributed by atoms with Gasteiger partial charge in [-0.25, -0.2) is 0 Å². The molecule has 0 bridgehead atoms. The largest absolute Gasteiger partial charge is 0.481 e. The average molecular weight is 267 g/mol. The van der Waals surface area contributed by atoms with E-state index in [0.717, 1.165) is 23.3 Å². The molecule has 98 valence electrons. The number of hydrogen-bond acceptors (Lipinski definition) is 3. The van der Waals surface area contributed by atoms with Gasteiger partial charge in [0.2, 0.25) is 0 Å². The summed E-state index contributed by atoms with van der Waals surface area (Å²) in [5, 5.41) is 10.9. The molecule has 4 nitrogen and oxygen atoms in total. The molecule has 1 aliphatic rings. The molecule has 1 atom stereocenters. The topological polar surface area (TPSA) is 57.6 Å². The molecule has 1 heterocycles. The number of nitrogens with zero attached hydrogens (tertiary/aromatic N) is 1. The van der Waals surface area contributed by atoms with E-state index in [2.05, 4.69) is 0 Å². The molecule has 1 amide bonds. The van der Waals surface area contributed by atoms with Gasteiger partial charge < -0.3 is 10.0 Å². The summed E-state index contributed by atoms with van der Waals surface area (Å²) in [5.74, 6) is -1.38. The molecule has 2 rings (SSSR count). The van der Waals surface area contributed by atoms with E-state index in [-0.39, 0.29) is 11.9 Å². The van der Waals surface area contributed by atoms with Crippen molar-refractivity contribution >= 4 is 23.2 Å². The molecule has 18 heavy (non-hydrogen) atoms. The van der Waals surface area contributed by atoms with Crippen LogP contribution in [0.25, 0.3) is 0 Å². The lowest BCUT2D eigenvalue weighted by molar-refractivity contribution is -0.141. The molecule has 1 aromatic heterocycles. The van der Waals surface area contributed by atoms with E-state index in [1.165, 1.54) is 11.3 Å². The Labute approximate surface area is 110 Å². The number of aliphatic carboxylic acids is 1. The Balaban J connectivity index is 2.13. The molecule has 0 aromatic carbocycles. The third-order valence-corrected chi connectivity index (χ3v) is 4.20. The van der Waals surface area contributed by atoms with Crippen molar-refractivity contribution < 1.29 is 14.7 Å². The fourth-order valence-corrected chi connectivity index (χ4v) is 2.76. The van der Waals surface area contributed by atoms with Gasteiger partial charge in [0, 0.05) is 12.6 Å². The Hall–Kier alpha value is -1.36. The van der Waals surface area contributed by atoms with E-state index in [1.54, 1.807) is 11.8 Å². The molecular weight excluding hydrogens is 250 g/mol. The van der Waals surface area contributed by atoms with Crippen LogP contribution >= 0.6 is 11.3 Å². The van der Waals surface area contributed by atoms with Crippen molar-refractivity contribution in [3.05, 3.63) is 21.9 Å². The minimum atomic E-state index is -0.851. The Kier molecular flexibility index (Phi) is 3.71. The van der Waals surface area contributed by atoms with Crippen LogP contribution in [-0.4, -0.2) is 34.5 Å². The third kappa shape index (κ3) is 2.72. The normalized spacial score (nSPS) is 16.3. The highest BCUT2D eigenvalue weighted by atomic mass is 32.1. The van der Waals surface area contributed by atoms with E-state index in [1.807, 2.05) is 18.4 Å². The number of carbonyl (C=O) groups excluding carboxylic acids is 1. The Morgan fingerprint density at radius 1 is 1.56 bits per heavy atom. The third-order valence-electron chi connectivity index (χ3n) is 3.20. The van der Waals surface area contributed by atoms with Gasteiger partial charge in [0.05, 0.1) is 10.8 Å². The van der Waals surface area contributed by atoms with Crippen molar-refractivity contribution in [2.45, 2.75) is 32.7 Å². The number of amides is 1. The van der Waals surface area contributed by atoms with Crippen molar-refractivity contribution in [1.82, 2.24) is 4.90 Å². The number of carboxylic acid groups (broad SMARTS) is 1. The van der Waals surface area contributed by atoms with Crippen molar-refractivity contribution in [2.75, 3.05) is 6.54 Å². The fourth-order valence-electron chi connectivity index (χ4n) is 1.88. The quantitative estimate of drug-likeness (QED) is 0.891. The molecule has 1 aliphatic carbocycles. The van der Waals surface area contributed by atoms with Gasteiger partial charge in [0.1, 0.15) is 0 Å². The van der Waals surface area contributed by atoms with E-state index in [9.17, 15) is 9.59 Å². The second kappa shape index (κ2) is 5.10. The van der Waals surface area contributed by atoms with Crippen molar-refractivity contribution in [3.8, 4) is 0 Å². The average Bonchev–Trinajstić information content (AvgIpc) is 3.07. The van der Waals surface area contributed by atoms with Crippen molar-refractivity contribution in [3.63, 3.8) is 0 Å². The highest BCUT2D eigenvalue weighted by molar-refractivity contribution is 7.12. The SMILES string of the molecule is Cc1ccsc1C(=O)N(CC(C)C(=O)O)C1CC1. The lowest BCUT2D eigenvalue weighted by Crippen LogP contribution is -2.38. The maximum Gasteiger partial charge on any atom is 0.308 e. The first-order valence-electron chi connectivity index (χ1n) is 6.08. The standard InChI is InChI=1S/C13H17NO3S/c1-8-5-6-18-11(8)12(15)14(10-3-4-10)7-9(2)13(16)17/h5-6,9-10H,3-4,7H2,1-2H3,(H,16,17). The monoisotopic (exact) mass is 267 g/mol. The second-order valence-electron chi connectivity index (χ2n) is 4.86. The molecule has 1 saturated carbocycles. The summed E-state index contributed by atoms with van der Waals surface area (Å²) in [7, 11) is 0. The van der Waals surface area contributed by atoms with Crippen LogP contribution in [0.15, 0.2) is 11.4 Å². The van der Waals surface area contributed by atoms with E-state index < -0.39 is 11.9 Å². The summed E-state index contributed by atoms with van der Waals surface area (Å²) in [5.41, 5.74) is 0.971. The smallest absolute Gasteiger partial charge is 0.308 e. The maximum atomic E-state index is 12.4. The maximum absolute atomic E-state index is 12.4. The number of thiophene rings is 1. The Morgan fingerprint density at radius 3 is 2.67 bits per heavy atom. The number of hydrogen-bond donors (Lipinski definition) is 1. The lowest BCUT2D eigenvalue weighted by Gasteiger charge is -2.24. The zero-order valence-electron chi connectivity index (χ0n) is 10.5. The van der Waals surface area contributed by atoms with E-state index in [4.69, 9.17) is 5.11 Å². The summed E-state index contributed by atoms with van der Waals surface area (Å²) in [6.07, 6.45) is 1.98. The van der Waals surface area contributed by atoms with E-state index in [0.29, 0.717) is 6.54 Å². The summed E-state index contributed by atoms with van der Waals surface area (Å²) < 4.78 is 0. The molecule has 1 aromatic rings. The number of carbonyl (C=O) groups is 2. The number of carboxylic acids is 1. The van der Waals surface area contributed by atoms with Crippen LogP contribution in [0, 0.1) is 12.8 Å². The van der Waals surface area contributed by atoms with Gasteiger partial charge in [-0.3, -0.25) is 9.59 Å². The van der Waals surface area contributed by atoms with Gasteiger partial charge in [-0.1, -0.05) is 6.92 Å². The number of aryl methyl sites for hydroxylation is 1. The first kappa shape index (κ1) is 13.1. The van der Waals surface area contributed by atoms with Gasteiger partial charge in [-0.15, -0.1) is 11.3 Å². The minimum absolute atomic E-state index is 0.0156. The molecule has 1 fully saturated rings. The number of rotatable bonds is 5. The van der Waals surface area contributed by atoms with Crippen LogP contribution in [0.4, 0.5) is 0 Å². The van der Waals surface area contributed by atoms with Crippen LogP contribution in [-0.2, 0) is 4.79 Å². The highest BCUT2D eigenvalue weighted by Crippen LogP contribution is 2.30. The van der Waals surface area contributed by atoms with Crippen LogP contribution in [0.3, 0.4) is 0 Å². The van der Waals surface area contributed by atoms with Crippen LogP contribution < -0.4 is 0 Å². The highest BCUT2D eigenvalue weighted by Gasteiger charge is 2.35. The molecule has 0 radical (unpaired) electrons. The fraction of sp³-hybridized carbons (Fsp3) is 0.538. The first-order chi connectivity index (χ1) is 8.50. The summed E-state index contributed by atoms with van der Waals surface area (Å²) in [4.78, 5) is 25.8. The molecule has 1 N–H and O–H groups in total. The second-order valence-corrected chi connectivity index (χ2v) is 5.78. The summed E-state index contributed by atoms with van der Waals surface area (Å²) in [6, 6.07) is 2.16. The zero-order chi connectivity index (χ0) is 13.3. The predicted molar refractivity (Wildman–Crippen MR) is 69.9 cm³/mol. The van der Waals surface area contributed by atoms with Gasteiger partial charge >= 0.3 is 5.97 Å². The minimum Gasteiger partial charge on any atom is -0.481 e. The van der Waals surface area contributed by atoms with E-state index >= 15 is 0 Å². The molecular formula is C13H17NO3S. The first-order valence-corrected chi connectivity index (χ1v) is 6.96. The molecule has 0 aliphatic heterocycles. The Morgan fingerprint density at radius 2 is 2.22 bits per heavy atom. The zero-order valence-corrected chi connectivity index (χ0v) is 11.4. The molecule has 0 saturated heterocycles. The van der Waals surface area contributed by atoms with Gasteiger partial charge in [0.15, 0.2) is 0 Å². The molecule has 1 unspecified atom stereocenters. The van der Waals surface area contributed by atoms with Crippen LogP contribution in [0.1, 0.15) is 35.0 Å². The van der Waals surface area contributed by atoms with Gasteiger partial charge in [-0.05, 0) is 36.8 Å². The van der Waals surface area contributed by atoms with Crippen LogP contribution in [0.5, 0.6) is 0 Å². The summed E-state index contributed by atoms with van der Waals surface area (Å²) in [6.45, 7) is 3.86. The van der Waals surface area contributed by atoms with Gasteiger partial charge in [-0.2, -0.15) is 0 Å².